The monoisotopic (exact) mass is 420 g/mol. The molecule has 5 heteroatoms. The van der Waals surface area contributed by atoms with Crippen molar-refractivity contribution >= 4 is 75.0 Å². The van der Waals surface area contributed by atoms with Gasteiger partial charge in [-0.2, -0.15) is 0 Å². The molecular formula is C14H8Br2ClFS. The van der Waals surface area contributed by atoms with Crippen molar-refractivity contribution in [3.8, 4) is 0 Å². The predicted octanol–water partition coefficient (Wildman–Crippen LogP) is 6.64. The van der Waals surface area contributed by atoms with Crippen LogP contribution in [-0.2, 0) is 10.7 Å². The van der Waals surface area contributed by atoms with Crippen LogP contribution in [0.3, 0.4) is 0 Å². The van der Waals surface area contributed by atoms with E-state index in [2.05, 4.69) is 31.9 Å². The standard InChI is InChI=1S/C14H8Br2ClFS/c15-5-7-1-9(17)3-11-12-4-10(18)2-8(6-16)14(12)19-13(7)11/h1-4H,5-6H2. The summed E-state index contributed by atoms with van der Waals surface area (Å²) in [5.41, 5.74) is 2.12. The number of thiophene rings is 1. The van der Waals surface area contributed by atoms with Crippen molar-refractivity contribution in [1.82, 2.24) is 0 Å². The highest BCUT2D eigenvalue weighted by atomic mass is 79.9. The van der Waals surface area contributed by atoms with Crippen LogP contribution in [0.5, 0.6) is 0 Å². The number of hydrogen-bond donors (Lipinski definition) is 0. The van der Waals surface area contributed by atoms with Gasteiger partial charge >= 0.3 is 0 Å². The maximum atomic E-state index is 13.7. The minimum absolute atomic E-state index is 0.206. The zero-order valence-electron chi connectivity index (χ0n) is 9.64. The predicted molar refractivity (Wildman–Crippen MR) is 89.6 cm³/mol. The largest absolute Gasteiger partial charge is 0.207 e. The third kappa shape index (κ3) is 2.33. The fourth-order valence-electron chi connectivity index (χ4n) is 2.24. The average Bonchev–Trinajstić information content (AvgIpc) is 2.75. The Balaban J connectivity index is 2.52. The van der Waals surface area contributed by atoms with E-state index >= 15 is 0 Å². The van der Waals surface area contributed by atoms with E-state index in [1.165, 1.54) is 4.70 Å². The minimum Gasteiger partial charge on any atom is -0.207 e. The highest BCUT2D eigenvalue weighted by Crippen LogP contribution is 2.40. The van der Waals surface area contributed by atoms with E-state index < -0.39 is 0 Å². The van der Waals surface area contributed by atoms with Crippen molar-refractivity contribution < 1.29 is 4.39 Å². The summed E-state index contributed by atoms with van der Waals surface area (Å²) >= 11 is 14.8. The number of halogens is 4. The van der Waals surface area contributed by atoms with Crippen LogP contribution < -0.4 is 0 Å². The van der Waals surface area contributed by atoms with Gasteiger partial charge in [-0.1, -0.05) is 43.5 Å². The lowest BCUT2D eigenvalue weighted by atomic mass is 10.1. The first-order valence-corrected chi connectivity index (χ1v) is 9.02. The molecule has 0 nitrogen and oxygen atoms in total. The van der Waals surface area contributed by atoms with Gasteiger partial charge in [-0.25, -0.2) is 4.39 Å². The molecule has 0 fully saturated rings. The zero-order chi connectivity index (χ0) is 13.6. The van der Waals surface area contributed by atoms with E-state index in [1.54, 1.807) is 23.5 Å². The van der Waals surface area contributed by atoms with Crippen molar-refractivity contribution in [2.24, 2.45) is 0 Å². The third-order valence-corrected chi connectivity index (χ3v) is 5.84. The summed E-state index contributed by atoms with van der Waals surface area (Å²) in [6.07, 6.45) is 0. The van der Waals surface area contributed by atoms with Gasteiger partial charge in [0.05, 0.1) is 0 Å². The van der Waals surface area contributed by atoms with Crippen LogP contribution >= 0.6 is 54.8 Å². The molecule has 3 rings (SSSR count). The Morgan fingerprint density at radius 3 is 2.16 bits per heavy atom. The Bertz CT molecular complexity index is 718. The molecule has 0 aliphatic rings. The van der Waals surface area contributed by atoms with Gasteiger partial charge in [0.25, 0.3) is 0 Å². The summed E-state index contributed by atoms with van der Waals surface area (Å²) in [7, 11) is 0. The van der Waals surface area contributed by atoms with Crippen LogP contribution in [0, 0.1) is 5.82 Å². The van der Waals surface area contributed by atoms with Crippen LogP contribution in [0.4, 0.5) is 4.39 Å². The van der Waals surface area contributed by atoms with Crippen molar-refractivity contribution in [3.05, 3.63) is 46.2 Å². The highest BCUT2D eigenvalue weighted by Gasteiger charge is 2.13. The number of hydrogen-bond acceptors (Lipinski definition) is 1. The number of rotatable bonds is 2. The molecule has 1 aromatic heterocycles. The number of alkyl halides is 2. The summed E-state index contributed by atoms with van der Waals surface area (Å²) in [6, 6.07) is 7.05. The first kappa shape index (κ1) is 13.8. The molecule has 98 valence electrons. The fraction of sp³-hybridized carbons (Fsp3) is 0.143. The van der Waals surface area contributed by atoms with Gasteiger partial charge in [0.2, 0.25) is 0 Å². The lowest BCUT2D eigenvalue weighted by Gasteiger charge is -2.00. The molecule has 0 N–H and O–H groups in total. The molecule has 0 spiro atoms. The van der Waals surface area contributed by atoms with Crippen LogP contribution in [-0.4, -0.2) is 0 Å². The Morgan fingerprint density at radius 1 is 0.947 bits per heavy atom. The Labute approximate surface area is 135 Å². The summed E-state index contributed by atoms with van der Waals surface area (Å²) in [4.78, 5) is 0. The van der Waals surface area contributed by atoms with Gasteiger partial charge in [-0.05, 0) is 35.4 Å². The lowest BCUT2D eigenvalue weighted by molar-refractivity contribution is 0.629. The Kier molecular flexibility index (Phi) is 3.87. The van der Waals surface area contributed by atoms with Gasteiger partial charge in [-0.15, -0.1) is 11.3 Å². The van der Waals surface area contributed by atoms with Crippen molar-refractivity contribution in [1.29, 1.82) is 0 Å². The second-order valence-electron chi connectivity index (χ2n) is 4.25. The molecule has 0 atom stereocenters. The second-order valence-corrected chi connectivity index (χ2v) is 6.83. The average molecular weight is 423 g/mol. The fourth-order valence-corrected chi connectivity index (χ4v) is 5.02. The third-order valence-electron chi connectivity index (χ3n) is 3.04. The van der Waals surface area contributed by atoms with Gasteiger partial charge in [0, 0.05) is 35.9 Å². The van der Waals surface area contributed by atoms with Gasteiger partial charge < -0.3 is 0 Å². The summed E-state index contributed by atoms with van der Waals surface area (Å²) in [6.45, 7) is 0. The Hall–Kier alpha value is -0.160. The van der Waals surface area contributed by atoms with E-state index in [0.29, 0.717) is 10.4 Å². The molecule has 0 unspecified atom stereocenters. The van der Waals surface area contributed by atoms with Crippen molar-refractivity contribution in [3.63, 3.8) is 0 Å². The summed E-state index contributed by atoms with van der Waals surface area (Å²) < 4.78 is 16.0. The SMILES string of the molecule is Fc1cc(CBr)c2sc3c(CBr)cc(Cl)cc3c2c1. The minimum atomic E-state index is -0.206. The van der Waals surface area contributed by atoms with Crippen molar-refractivity contribution in [2.45, 2.75) is 10.7 Å². The van der Waals surface area contributed by atoms with E-state index in [-0.39, 0.29) is 5.82 Å². The molecule has 0 aliphatic carbocycles. The molecule has 3 aromatic rings. The molecular weight excluding hydrogens is 414 g/mol. The quantitative estimate of drug-likeness (QED) is 0.406. The molecule has 19 heavy (non-hydrogen) atoms. The van der Waals surface area contributed by atoms with Crippen LogP contribution in [0.2, 0.25) is 5.02 Å². The first-order chi connectivity index (χ1) is 9.13. The smallest absolute Gasteiger partial charge is 0.124 e. The topological polar surface area (TPSA) is 0 Å². The van der Waals surface area contributed by atoms with E-state index in [0.717, 1.165) is 31.9 Å². The molecule has 0 radical (unpaired) electrons. The first-order valence-electron chi connectivity index (χ1n) is 5.59. The molecule has 2 aromatic carbocycles. The molecule has 1 heterocycles. The van der Waals surface area contributed by atoms with E-state index in [1.807, 2.05) is 12.1 Å². The van der Waals surface area contributed by atoms with E-state index in [9.17, 15) is 4.39 Å². The lowest BCUT2D eigenvalue weighted by Crippen LogP contribution is -1.81. The highest BCUT2D eigenvalue weighted by molar-refractivity contribution is 9.08. The van der Waals surface area contributed by atoms with Gasteiger partial charge in [0.15, 0.2) is 0 Å². The maximum absolute atomic E-state index is 13.7. The van der Waals surface area contributed by atoms with Gasteiger partial charge in [0.1, 0.15) is 5.82 Å². The van der Waals surface area contributed by atoms with Crippen LogP contribution in [0.15, 0.2) is 24.3 Å². The number of fused-ring (bicyclic) bond motifs is 3. The summed E-state index contributed by atoms with van der Waals surface area (Å²) in [5.74, 6) is -0.206. The normalized spacial score (nSPS) is 11.6. The number of benzene rings is 2. The Morgan fingerprint density at radius 2 is 1.53 bits per heavy atom. The molecule has 0 saturated carbocycles. The van der Waals surface area contributed by atoms with Crippen LogP contribution in [0.25, 0.3) is 20.2 Å². The molecule has 0 saturated heterocycles. The summed E-state index contributed by atoms with van der Waals surface area (Å²) in [5, 5.41) is 4.04. The maximum Gasteiger partial charge on any atom is 0.124 e. The van der Waals surface area contributed by atoms with Gasteiger partial charge in [-0.3, -0.25) is 0 Å². The molecule has 0 aliphatic heterocycles. The second kappa shape index (κ2) is 5.32. The van der Waals surface area contributed by atoms with Crippen molar-refractivity contribution in [2.75, 3.05) is 0 Å². The molecule has 0 amide bonds. The zero-order valence-corrected chi connectivity index (χ0v) is 14.4. The van der Waals surface area contributed by atoms with Crippen LogP contribution in [0.1, 0.15) is 11.1 Å². The molecule has 0 bridgehead atoms. The van der Waals surface area contributed by atoms with E-state index in [4.69, 9.17) is 11.6 Å².